The molecule has 1 fully saturated rings. The molecule has 1 saturated heterocycles. The molecule has 0 saturated carbocycles. The number of benzene rings is 2. The standard InChI is InChI=1S/C22H21N3O6S/c1-12(13-6-8-14(9-7-13)32(2,30)31)23-16-5-3-4-15-19(16)22(29)25(21(15)28)17-10-11-18(26)24-20(17)27/h3-9,12,17,23H,10-11H2,1-2H3,(H,24,26,27)/t12-,17?/m0/s1. The summed E-state index contributed by atoms with van der Waals surface area (Å²) in [6.07, 6.45) is 1.27. The van der Waals surface area contributed by atoms with Gasteiger partial charge in [0.25, 0.3) is 11.8 Å². The highest BCUT2D eigenvalue weighted by molar-refractivity contribution is 7.90. The second-order valence-electron chi connectivity index (χ2n) is 7.88. The van der Waals surface area contributed by atoms with E-state index >= 15 is 0 Å². The quantitative estimate of drug-likeness (QED) is 0.656. The van der Waals surface area contributed by atoms with Gasteiger partial charge in [0.15, 0.2) is 9.84 Å². The Morgan fingerprint density at radius 2 is 1.72 bits per heavy atom. The molecule has 2 heterocycles. The number of amides is 4. The molecule has 1 unspecified atom stereocenters. The first-order valence-corrected chi connectivity index (χ1v) is 11.9. The highest BCUT2D eigenvalue weighted by Gasteiger charge is 2.45. The molecule has 2 aliphatic rings. The summed E-state index contributed by atoms with van der Waals surface area (Å²) in [7, 11) is -3.31. The zero-order valence-electron chi connectivity index (χ0n) is 17.4. The van der Waals surface area contributed by atoms with E-state index in [0.717, 1.165) is 16.7 Å². The third-order valence-electron chi connectivity index (χ3n) is 5.65. The van der Waals surface area contributed by atoms with Gasteiger partial charge >= 0.3 is 0 Å². The number of carbonyl (C=O) groups excluding carboxylic acids is 4. The minimum Gasteiger partial charge on any atom is -0.378 e. The number of rotatable bonds is 5. The Bertz CT molecular complexity index is 1250. The number of hydrogen-bond acceptors (Lipinski definition) is 7. The van der Waals surface area contributed by atoms with Gasteiger partial charge in [-0.15, -0.1) is 0 Å². The molecule has 2 N–H and O–H groups in total. The third kappa shape index (κ3) is 3.77. The molecule has 166 valence electrons. The van der Waals surface area contributed by atoms with Gasteiger partial charge in [0.05, 0.1) is 16.0 Å². The smallest absolute Gasteiger partial charge is 0.264 e. The fourth-order valence-corrected chi connectivity index (χ4v) is 4.59. The molecule has 0 aromatic heterocycles. The zero-order chi connectivity index (χ0) is 23.2. The van der Waals surface area contributed by atoms with Crippen molar-refractivity contribution >= 4 is 39.2 Å². The van der Waals surface area contributed by atoms with Crippen molar-refractivity contribution in [2.24, 2.45) is 0 Å². The van der Waals surface area contributed by atoms with Crippen molar-refractivity contribution in [1.29, 1.82) is 0 Å². The van der Waals surface area contributed by atoms with E-state index in [1.807, 2.05) is 6.92 Å². The van der Waals surface area contributed by atoms with Crippen molar-refractivity contribution in [3.63, 3.8) is 0 Å². The predicted octanol–water partition coefficient (Wildman–Crippen LogP) is 1.66. The molecule has 4 amide bonds. The normalized spacial score (nSPS) is 19.6. The molecule has 0 aliphatic carbocycles. The van der Waals surface area contributed by atoms with Gasteiger partial charge in [0.2, 0.25) is 11.8 Å². The topological polar surface area (TPSA) is 130 Å². The van der Waals surface area contributed by atoms with Crippen LogP contribution in [0.2, 0.25) is 0 Å². The van der Waals surface area contributed by atoms with Crippen LogP contribution in [0, 0.1) is 0 Å². The van der Waals surface area contributed by atoms with Crippen LogP contribution in [0.4, 0.5) is 5.69 Å². The summed E-state index contributed by atoms with van der Waals surface area (Å²) in [6.45, 7) is 1.84. The Hall–Kier alpha value is -3.53. The maximum absolute atomic E-state index is 13.2. The number of nitrogens with zero attached hydrogens (tertiary/aromatic N) is 1. The van der Waals surface area contributed by atoms with Gasteiger partial charge in [-0.3, -0.25) is 29.4 Å². The van der Waals surface area contributed by atoms with Crippen LogP contribution in [0.3, 0.4) is 0 Å². The van der Waals surface area contributed by atoms with Crippen LogP contribution in [0.15, 0.2) is 47.4 Å². The highest BCUT2D eigenvalue weighted by atomic mass is 32.2. The van der Waals surface area contributed by atoms with Crippen molar-refractivity contribution in [3.8, 4) is 0 Å². The second kappa shape index (κ2) is 7.86. The van der Waals surface area contributed by atoms with Crippen LogP contribution in [-0.4, -0.2) is 49.2 Å². The number of hydrogen-bond donors (Lipinski definition) is 2. The minimum atomic E-state index is -3.31. The summed E-state index contributed by atoms with van der Waals surface area (Å²) < 4.78 is 23.3. The Morgan fingerprint density at radius 1 is 1.03 bits per heavy atom. The van der Waals surface area contributed by atoms with Gasteiger partial charge in [-0.05, 0) is 43.2 Å². The van der Waals surface area contributed by atoms with E-state index in [4.69, 9.17) is 0 Å². The average Bonchev–Trinajstić information content (AvgIpc) is 2.99. The summed E-state index contributed by atoms with van der Waals surface area (Å²) >= 11 is 0. The Labute approximate surface area is 184 Å². The average molecular weight is 455 g/mol. The van der Waals surface area contributed by atoms with Gasteiger partial charge in [-0.2, -0.15) is 0 Å². The summed E-state index contributed by atoms with van der Waals surface area (Å²) in [5.74, 6) is -2.26. The molecule has 0 radical (unpaired) electrons. The van der Waals surface area contributed by atoms with Gasteiger partial charge in [-0.25, -0.2) is 8.42 Å². The monoisotopic (exact) mass is 455 g/mol. The first-order chi connectivity index (χ1) is 15.1. The fraction of sp³-hybridized carbons (Fsp3) is 0.273. The lowest BCUT2D eigenvalue weighted by Crippen LogP contribution is -2.54. The van der Waals surface area contributed by atoms with Crippen LogP contribution < -0.4 is 10.6 Å². The van der Waals surface area contributed by atoms with Gasteiger partial charge in [0, 0.05) is 24.4 Å². The summed E-state index contributed by atoms with van der Waals surface area (Å²) in [5, 5.41) is 5.38. The molecule has 4 rings (SSSR count). The Balaban J connectivity index is 1.61. The van der Waals surface area contributed by atoms with Crippen molar-refractivity contribution in [2.75, 3.05) is 11.6 Å². The summed E-state index contributed by atoms with van der Waals surface area (Å²) in [6, 6.07) is 9.88. The van der Waals surface area contributed by atoms with E-state index in [1.54, 1.807) is 24.3 Å². The second-order valence-corrected chi connectivity index (χ2v) is 9.90. The largest absolute Gasteiger partial charge is 0.378 e. The minimum absolute atomic E-state index is 0.0510. The fourth-order valence-electron chi connectivity index (χ4n) is 3.96. The first-order valence-electron chi connectivity index (χ1n) is 9.99. The van der Waals surface area contributed by atoms with Crippen molar-refractivity contribution in [1.82, 2.24) is 10.2 Å². The molecule has 2 atom stereocenters. The predicted molar refractivity (Wildman–Crippen MR) is 115 cm³/mol. The maximum Gasteiger partial charge on any atom is 0.264 e. The van der Waals surface area contributed by atoms with E-state index in [0.29, 0.717) is 5.69 Å². The number of carbonyl (C=O) groups is 4. The van der Waals surface area contributed by atoms with Gasteiger partial charge in [0.1, 0.15) is 6.04 Å². The number of piperidine rings is 1. The SMILES string of the molecule is C[C@H](Nc1cccc2c1C(=O)N(C1CCC(=O)NC1=O)C2=O)c1ccc(S(C)(=O)=O)cc1. The molecule has 0 spiro atoms. The summed E-state index contributed by atoms with van der Waals surface area (Å²) in [4.78, 5) is 50.9. The van der Waals surface area contributed by atoms with Crippen molar-refractivity contribution in [2.45, 2.75) is 36.7 Å². The van der Waals surface area contributed by atoms with Gasteiger partial charge < -0.3 is 5.32 Å². The molecule has 2 aliphatic heterocycles. The van der Waals surface area contributed by atoms with E-state index in [2.05, 4.69) is 10.6 Å². The van der Waals surface area contributed by atoms with Crippen LogP contribution in [-0.2, 0) is 19.4 Å². The summed E-state index contributed by atoms with van der Waals surface area (Å²) in [5.41, 5.74) is 1.57. The number of nitrogens with one attached hydrogen (secondary N) is 2. The van der Waals surface area contributed by atoms with Crippen LogP contribution >= 0.6 is 0 Å². The first kappa shape index (κ1) is 21.7. The van der Waals surface area contributed by atoms with Crippen molar-refractivity contribution < 1.29 is 27.6 Å². The van der Waals surface area contributed by atoms with E-state index in [-0.39, 0.29) is 34.9 Å². The lowest BCUT2D eigenvalue weighted by Gasteiger charge is -2.28. The Kier molecular flexibility index (Phi) is 5.33. The number of sulfone groups is 1. The van der Waals surface area contributed by atoms with Crippen molar-refractivity contribution in [3.05, 3.63) is 59.2 Å². The lowest BCUT2D eigenvalue weighted by molar-refractivity contribution is -0.136. The van der Waals surface area contributed by atoms with Gasteiger partial charge in [-0.1, -0.05) is 18.2 Å². The van der Waals surface area contributed by atoms with E-state index in [1.165, 1.54) is 18.2 Å². The maximum atomic E-state index is 13.2. The molecule has 10 heteroatoms. The van der Waals surface area contributed by atoms with E-state index in [9.17, 15) is 27.6 Å². The number of imide groups is 2. The van der Waals surface area contributed by atoms with Crippen LogP contribution in [0.5, 0.6) is 0 Å². The number of anilines is 1. The molecule has 9 nitrogen and oxygen atoms in total. The molecule has 32 heavy (non-hydrogen) atoms. The number of fused-ring (bicyclic) bond motifs is 1. The molecule has 0 bridgehead atoms. The molecular formula is C22H21N3O6S. The lowest BCUT2D eigenvalue weighted by atomic mass is 10.0. The third-order valence-corrected chi connectivity index (χ3v) is 6.78. The van der Waals surface area contributed by atoms with Crippen LogP contribution in [0.25, 0.3) is 0 Å². The highest BCUT2D eigenvalue weighted by Crippen LogP contribution is 2.34. The molecular weight excluding hydrogens is 434 g/mol. The van der Waals surface area contributed by atoms with Crippen LogP contribution in [0.1, 0.15) is 52.1 Å². The van der Waals surface area contributed by atoms with E-state index < -0.39 is 39.5 Å². The molecule has 2 aromatic rings. The zero-order valence-corrected chi connectivity index (χ0v) is 18.2. The Morgan fingerprint density at radius 3 is 2.34 bits per heavy atom. The molecule has 2 aromatic carbocycles.